The molecule has 41 heavy (non-hydrogen) atoms. The second kappa shape index (κ2) is 14.0. The van der Waals surface area contributed by atoms with Crippen molar-refractivity contribution >= 4 is 17.9 Å². The van der Waals surface area contributed by atoms with Crippen LogP contribution in [-0.4, -0.2) is 36.9 Å². The van der Waals surface area contributed by atoms with E-state index in [0.29, 0.717) is 41.2 Å². The Morgan fingerprint density at radius 2 is 1.56 bits per heavy atom. The number of hydrogen-bond acceptors (Lipinski definition) is 8. The summed E-state index contributed by atoms with van der Waals surface area (Å²) in [5.74, 6) is 0.124. The molecule has 0 aliphatic carbocycles. The number of carbonyl (C=O) groups excluding carboxylic acids is 3. The molecule has 0 saturated carbocycles. The first-order valence-corrected chi connectivity index (χ1v) is 13.4. The minimum absolute atomic E-state index is 0.210. The maximum Gasteiger partial charge on any atom is 0.343 e. The minimum Gasteiger partial charge on any atom is -0.490 e. The Balaban J connectivity index is 1.29. The van der Waals surface area contributed by atoms with Crippen LogP contribution >= 0.6 is 0 Å². The monoisotopic (exact) mass is 556 g/mol. The van der Waals surface area contributed by atoms with Crippen LogP contribution in [0.1, 0.15) is 43.0 Å². The lowest BCUT2D eigenvalue weighted by Crippen LogP contribution is -2.23. The molecule has 1 heterocycles. The SMILES string of the molecule is C=CC(=O)OC(CCCC)Oc1ccc(-c2ccc(OC(=O)c3ccc(OCC4CC(=C)C(=O)O4)cc3)cc2)cc1. The maximum atomic E-state index is 12.6. The number of cyclic esters (lactones) is 1. The molecule has 1 fully saturated rings. The van der Waals surface area contributed by atoms with Crippen molar-refractivity contribution in [2.24, 2.45) is 0 Å². The van der Waals surface area contributed by atoms with Crippen LogP contribution in [0.15, 0.2) is 97.6 Å². The lowest BCUT2D eigenvalue weighted by atomic mass is 10.1. The van der Waals surface area contributed by atoms with Crippen LogP contribution < -0.4 is 14.2 Å². The van der Waals surface area contributed by atoms with Crippen LogP contribution in [0.5, 0.6) is 17.2 Å². The molecular weight excluding hydrogens is 524 g/mol. The Kier molecular flexibility index (Phi) is 9.94. The molecule has 0 spiro atoms. The second-order valence-corrected chi connectivity index (χ2v) is 9.44. The van der Waals surface area contributed by atoms with Crippen LogP contribution in [0.2, 0.25) is 0 Å². The number of benzene rings is 3. The van der Waals surface area contributed by atoms with E-state index in [4.69, 9.17) is 23.7 Å². The normalized spacial score (nSPS) is 15.0. The van der Waals surface area contributed by atoms with Crippen molar-refractivity contribution in [2.45, 2.75) is 45.0 Å². The molecule has 4 rings (SSSR count). The van der Waals surface area contributed by atoms with E-state index in [1.54, 1.807) is 36.4 Å². The van der Waals surface area contributed by atoms with Crippen molar-refractivity contribution in [1.82, 2.24) is 0 Å². The first-order chi connectivity index (χ1) is 19.8. The predicted octanol–water partition coefficient (Wildman–Crippen LogP) is 6.45. The van der Waals surface area contributed by atoms with Crippen LogP contribution in [0.3, 0.4) is 0 Å². The number of carbonyl (C=O) groups is 3. The van der Waals surface area contributed by atoms with Gasteiger partial charge in [0.15, 0.2) is 0 Å². The number of hydrogen-bond donors (Lipinski definition) is 0. The van der Waals surface area contributed by atoms with Gasteiger partial charge in [-0.15, -0.1) is 0 Å². The molecule has 0 radical (unpaired) electrons. The van der Waals surface area contributed by atoms with Gasteiger partial charge < -0.3 is 23.7 Å². The largest absolute Gasteiger partial charge is 0.490 e. The summed E-state index contributed by atoms with van der Waals surface area (Å²) in [5.41, 5.74) is 2.67. The first-order valence-electron chi connectivity index (χ1n) is 13.4. The van der Waals surface area contributed by atoms with E-state index in [-0.39, 0.29) is 12.7 Å². The zero-order valence-corrected chi connectivity index (χ0v) is 22.9. The van der Waals surface area contributed by atoms with E-state index < -0.39 is 24.2 Å². The summed E-state index contributed by atoms with van der Waals surface area (Å²) in [6.45, 7) is 9.35. The smallest absolute Gasteiger partial charge is 0.343 e. The van der Waals surface area contributed by atoms with Crippen molar-refractivity contribution in [1.29, 1.82) is 0 Å². The Hall–Kier alpha value is -4.85. The highest BCUT2D eigenvalue weighted by Crippen LogP contribution is 2.26. The van der Waals surface area contributed by atoms with Crippen molar-refractivity contribution in [3.63, 3.8) is 0 Å². The average Bonchev–Trinajstić information content (AvgIpc) is 3.32. The second-order valence-electron chi connectivity index (χ2n) is 9.44. The third-order valence-corrected chi connectivity index (χ3v) is 6.29. The van der Waals surface area contributed by atoms with Crippen molar-refractivity contribution < 1.29 is 38.1 Å². The molecule has 2 unspecified atom stereocenters. The average molecular weight is 557 g/mol. The number of unbranched alkanes of at least 4 members (excludes halogenated alkanes) is 1. The molecule has 2 atom stereocenters. The van der Waals surface area contributed by atoms with Gasteiger partial charge in [-0.1, -0.05) is 50.8 Å². The Morgan fingerprint density at radius 1 is 0.951 bits per heavy atom. The standard InChI is InChI=1S/C33H32O8/c1-4-6-7-31(41-30(34)5-2)38-27-16-8-23(9-17-27)24-10-18-28(19-11-24)39-33(36)25-12-14-26(15-13-25)37-21-29-20-22(3)32(35)40-29/h5,8-19,29,31H,2-4,6-7,20-21H2,1H3. The van der Waals surface area contributed by atoms with Gasteiger partial charge in [0, 0.05) is 24.5 Å². The summed E-state index contributed by atoms with van der Waals surface area (Å²) in [7, 11) is 0. The van der Waals surface area contributed by atoms with Gasteiger partial charge in [0.25, 0.3) is 0 Å². The highest BCUT2D eigenvalue weighted by molar-refractivity contribution is 5.91. The Morgan fingerprint density at radius 3 is 2.12 bits per heavy atom. The Labute approximate surface area is 239 Å². The minimum atomic E-state index is -0.677. The number of esters is 3. The summed E-state index contributed by atoms with van der Waals surface area (Å²) >= 11 is 0. The summed E-state index contributed by atoms with van der Waals surface area (Å²) in [5, 5.41) is 0. The molecule has 8 nitrogen and oxygen atoms in total. The highest BCUT2D eigenvalue weighted by atomic mass is 16.7. The lowest BCUT2D eigenvalue weighted by Gasteiger charge is -2.18. The highest BCUT2D eigenvalue weighted by Gasteiger charge is 2.27. The van der Waals surface area contributed by atoms with E-state index in [0.717, 1.165) is 30.0 Å². The van der Waals surface area contributed by atoms with E-state index in [9.17, 15) is 14.4 Å². The van der Waals surface area contributed by atoms with Gasteiger partial charge in [-0.25, -0.2) is 14.4 Å². The van der Waals surface area contributed by atoms with Gasteiger partial charge in [0.2, 0.25) is 6.29 Å². The molecular formula is C33H32O8. The van der Waals surface area contributed by atoms with Crippen LogP contribution in [-0.2, 0) is 19.1 Å². The maximum absolute atomic E-state index is 12.6. The third kappa shape index (κ3) is 8.32. The fourth-order valence-corrected chi connectivity index (χ4v) is 4.05. The van der Waals surface area contributed by atoms with E-state index in [1.165, 1.54) is 0 Å². The quantitative estimate of drug-likeness (QED) is 0.103. The van der Waals surface area contributed by atoms with E-state index in [2.05, 4.69) is 20.1 Å². The van der Waals surface area contributed by atoms with E-state index in [1.807, 2.05) is 36.4 Å². The fraction of sp³-hybridized carbons (Fsp3) is 0.242. The van der Waals surface area contributed by atoms with Crippen molar-refractivity contribution in [3.05, 3.63) is 103 Å². The molecule has 3 aromatic rings. The molecule has 0 aromatic heterocycles. The molecule has 1 saturated heterocycles. The molecule has 3 aromatic carbocycles. The Bertz CT molecular complexity index is 1360. The van der Waals surface area contributed by atoms with Gasteiger partial charge in [0.1, 0.15) is 30.0 Å². The van der Waals surface area contributed by atoms with Crippen LogP contribution in [0.4, 0.5) is 0 Å². The van der Waals surface area contributed by atoms with Gasteiger partial charge in [0.05, 0.1) is 5.56 Å². The van der Waals surface area contributed by atoms with E-state index >= 15 is 0 Å². The molecule has 0 bridgehead atoms. The van der Waals surface area contributed by atoms with Gasteiger partial charge >= 0.3 is 17.9 Å². The summed E-state index contributed by atoms with van der Waals surface area (Å²) in [6.07, 6.45) is 2.93. The van der Waals surface area contributed by atoms with Gasteiger partial charge in [-0.05, 0) is 66.1 Å². The first kappa shape index (κ1) is 29.1. The molecule has 1 aliphatic rings. The van der Waals surface area contributed by atoms with Gasteiger partial charge in [-0.2, -0.15) is 0 Å². The van der Waals surface area contributed by atoms with Crippen LogP contribution in [0.25, 0.3) is 11.1 Å². The zero-order valence-electron chi connectivity index (χ0n) is 22.9. The van der Waals surface area contributed by atoms with Gasteiger partial charge in [-0.3, -0.25) is 0 Å². The van der Waals surface area contributed by atoms with Crippen molar-refractivity contribution in [3.8, 4) is 28.4 Å². The van der Waals surface area contributed by atoms with Crippen LogP contribution in [0, 0.1) is 0 Å². The topological polar surface area (TPSA) is 97.4 Å². The summed E-state index contributed by atoms with van der Waals surface area (Å²) in [4.78, 5) is 35.6. The number of ether oxygens (including phenoxy) is 5. The number of rotatable bonds is 13. The molecule has 1 aliphatic heterocycles. The third-order valence-electron chi connectivity index (χ3n) is 6.29. The van der Waals surface area contributed by atoms with Crippen molar-refractivity contribution in [2.75, 3.05) is 6.61 Å². The summed E-state index contributed by atoms with van der Waals surface area (Å²) < 4.78 is 27.5. The lowest BCUT2D eigenvalue weighted by molar-refractivity contribution is -0.158. The molecule has 8 heteroatoms. The fourth-order valence-electron chi connectivity index (χ4n) is 4.05. The summed E-state index contributed by atoms with van der Waals surface area (Å²) in [6, 6.07) is 21.1. The molecule has 212 valence electrons. The molecule has 0 N–H and O–H groups in total. The predicted molar refractivity (Wildman–Crippen MR) is 153 cm³/mol. The zero-order chi connectivity index (χ0) is 29.2. The molecule has 0 amide bonds.